The standard InChI is InChI=1S/C24H28N2O5/c1-4-17-5-9-20(10-6-17)26-15-19(13-22(26)27)24(29)31-16(2)23(28)25-14-18-7-11-21(30-3)12-8-18/h5-12,16,19H,4,13-15H2,1-3H3,(H,25,28)/t16-,19+/m0/s1. The molecule has 164 valence electrons. The van der Waals surface area contributed by atoms with Gasteiger partial charge in [-0.2, -0.15) is 0 Å². The number of nitrogens with zero attached hydrogens (tertiary/aromatic N) is 1. The van der Waals surface area contributed by atoms with Crippen LogP contribution in [0.4, 0.5) is 5.69 Å². The number of anilines is 1. The van der Waals surface area contributed by atoms with Crippen molar-refractivity contribution in [3.05, 3.63) is 59.7 Å². The molecule has 0 unspecified atom stereocenters. The molecule has 7 heteroatoms. The van der Waals surface area contributed by atoms with Gasteiger partial charge in [0.15, 0.2) is 6.10 Å². The number of carbonyl (C=O) groups is 3. The van der Waals surface area contributed by atoms with Crippen LogP contribution in [0, 0.1) is 5.92 Å². The van der Waals surface area contributed by atoms with E-state index < -0.39 is 18.0 Å². The van der Waals surface area contributed by atoms with Crippen molar-refractivity contribution in [1.82, 2.24) is 5.32 Å². The highest BCUT2D eigenvalue weighted by Crippen LogP contribution is 2.26. The molecule has 0 aliphatic carbocycles. The molecule has 2 aromatic rings. The molecule has 0 spiro atoms. The number of amides is 2. The van der Waals surface area contributed by atoms with E-state index in [1.807, 2.05) is 48.5 Å². The smallest absolute Gasteiger partial charge is 0.312 e. The van der Waals surface area contributed by atoms with Crippen LogP contribution in [0.25, 0.3) is 0 Å². The van der Waals surface area contributed by atoms with Gasteiger partial charge in [0, 0.05) is 25.2 Å². The zero-order valence-electron chi connectivity index (χ0n) is 18.1. The number of rotatable bonds is 8. The second-order valence-electron chi connectivity index (χ2n) is 7.57. The highest BCUT2D eigenvalue weighted by molar-refractivity contribution is 5.99. The molecule has 1 aliphatic rings. The van der Waals surface area contributed by atoms with Gasteiger partial charge in [-0.1, -0.05) is 31.2 Å². The topological polar surface area (TPSA) is 84.9 Å². The van der Waals surface area contributed by atoms with Crippen molar-refractivity contribution in [2.24, 2.45) is 5.92 Å². The molecular formula is C24H28N2O5. The van der Waals surface area contributed by atoms with Crippen LogP contribution >= 0.6 is 0 Å². The quantitative estimate of drug-likeness (QED) is 0.659. The number of methoxy groups -OCH3 is 1. The lowest BCUT2D eigenvalue weighted by Crippen LogP contribution is -2.37. The van der Waals surface area contributed by atoms with Gasteiger partial charge in [0.1, 0.15) is 5.75 Å². The molecule has 31 heavy (non-hydrogen) atoms. The van der Waals surface area contributed by atoms with Crippen molar-refractivity contribution in [2.45, 2.75) is 39.3 Å². The van der Waals surface area contributed by atoms with Gasteiger partial charge in [-0.05, 0) is 48.7 Å². The van der Waals surface area contributed by atoms with Crippen molar-refractivity contribution >= 4 is 23.5 Å². The largest absolute Gasteiger partial charge is 0.497 e. The Morgan fingerprint density at radius 2 is 1.74 bits per heavy atom. The van der Waals surface area contributed by atoms with E-state index in [4.69, 9.17) is 9.47 Å². The fourth-order valence-corrected chi connectivity index (χ4v) is 3.43. The molecule has 3 rings (SSSR count). The van der Waals surface area contributed by atoms with E-state index in [0.29, 0.717) is 6.54 Å². The molecule has 7 nitrogen and oxygen atoms in total. The zero-order chi connectivity index (χ0) is 22.4. The highest BCUT2D eigenvalue weighted by atomic mass is 16.5. The van der Waals surface area contributed by atoms with Crippen LogP contribution in [0.2, 0.25) is 0 Å². The molecule has 0 bridgehead atoms. The third-order valence-corrected chi connectivity index (χ3v) is 5.40. The number of hydrogen-bond donors (Lipinski definition) is 1. The minimum Gasteiger partial charge on any atom is -0.497 e. The van der Waals surface area contributed by atoms with Crippen molar-refractivity contribution in [3.63, 3.8) is 0 Å². The van der Waals surface area contributed by atoms with E-state index in [0.717, 1.165) is 23.4 Å². The third-order valence-electron chi connectivity index (χ3n) is 5.40. The van der Waals surface area contributed by atoms with Gasteiger partial charge in [-0.3, -0.25) is 14.4 Å². The van der Waals surface area contributed by atoms with Gasteiger partial charge < -0.3 is 19.7 Å². The summed E-state index contributed by atoms with van der Waals surface area (Å²) in [7, 11) is 1.59. The van der Waals surface area contributed by atoms with E-state index in [-0.39, 0.29) is 24.8 Å². The number of carbonyl (C=O) groups excluding carboxylic acids is 3. The van der Waals surface area contributed by atoms with E-state index in [1.54, 1.807) is 12.0 Å². The maximum atomic E-state index is 12.5. The van der Waals surface area contributed by atoms with E-state index >= 15 is 0 Å². The van der Waals surface area contributed by atoms with Crippen LogP contribution in [0.1, 0.15) is 31.4 Å². The van der Waals surface area contributed by atoms with Crippen molar-refractivity contribution in [2.75, 3.05) is 18.6 Å². The van der Waals surface area contributed by atoms with Gasteiger partial charge in [0.2, 0.25) is 5.91 Å². The summed E-state index contributed by atoms with van der Waals surface area (Å²) in [5.74, 6) is -0.898. The Kier molecular flexibility index (Phi) is 7.28. The number of nitrogens with one attached hydrogen (secondary N) is 1. The van der Waals surface area contributed by atoms with Crippen LogP contribution < -0.4 is 15.0 Å². The van der Waals surface area contributed by atoms with E-state index in [9.17, 15) is 14.4 Å². The van der Waals surface area contributed by atoms with Crippen LogP contribution in [0.15, 0.2) is 48.5 Å². The maximum Gasteiger partial charge on any atom is 0.312 e. The molecule has 1 saturated heterocycles. The highest BCUT2D eigenvalue weighted by Gasteiger charge is 2.37. The Hall–Kier alpha value is -3.35. The summed E-state index contributed by atoms with van der Waals surface area (Å²) in [5, 5.41) is 2.75. The minimum absolute atomic E-state index is 0.0779. The molecule has 1 N–H and O–H groups in total. The number of esters is 1. The zero-order valence-corrected chi connectivity index (χ0v) is 18.1. The Balaban J connectivity index is 1.50. The predicted octanol–water partition coefficient (Wildman–Crippen LogP) is 2.86. The molecule has 0 saturated carbocycles. The van der Waals surface area contributed by atoms with Crippen molar-refractivity contribution < 1.29 is 23.9 Å². The molecule has 2 amide bonds. The second kappa shape index (κ2) is 10.1. The lowest BCUT2D eigenvalue weighted by Gasteiger charge is -2.18. The number of benzene rings is 2. The Morgan fingerprint density at radius 1 is 1.10 bits per heavy atom. The van der Waals surface area contributed by atoms with Gasteiger partial charge in [0.25, 0.3) is 5.91 Å². The molecule has 2 aromatic carbocycles. The monoisotopic (exact) mass is 424 g/mol. The summed E-state index contributed by atoms with van der Waals surface area (Å²) < 4.78 is 10.4. The second-order valence-corrected chi connectivity index (χ2v) is 7.57. The summed E-state index contributed by atoms with van der Waals surface area (Å²) in [6, 6.07) is 15.0. The van der Waals surface area contributed by atoms with Crippen molar-refractivity contribution in [3.8, 4) is 5.75 Å². The van der Waals surface area contributed by atoms with Crippen LogP contribution in [-0.2, 0) is 32.1 Å². The first kappa shape index (κ1) is 22.3. The summed E-state index contributed by atoms with van der Waals surface area (Å²) in [6.07, 6.45) is 0.0506. The van der Waals surface area contributed by atoms with E-state index in [2.05, 4.69) is 12.2 Å². The normalized spacial score (nSPS) is 16.7. The molecule has 1 aliphatic heterocycles. The molecule has 2 atom stereocenters. The number of ether oxygens (including phenoxy) is 2. The summed E-state index contributed by atoms with van der Waals surface area (Å²) in [4.78, 5) is 38.8. The summed E-state index contributed by atoms with van der Waals surface area (Å²) in [5.41, 5.74) is 2.85. The van der Waals surface area contributed by atoms with Crippen LogP contribution in [-0.4, -0.2) is 37.5 Å². The number of aryl methyl sites for hydroxylation is 1. The Bertz CT molecular complexity index is 924. The summed E-state index contributed by atoms with van der Waals surface area (Å²) >= 11 is 0. The third kappa shape index (κ3) is 5.63. The molecular weight excluding hydrogens is 396 g/mol. The fraction of sp³-hybridized carbons (Fsp3) is 0.375. The van der Waals surface area contributed by atoms with Gasteiger partial charge in [-0.25, -0.2) is 0 Å². The van der Waals surface area contributed by atoms with Crippen molar-refractivity contribution in [1.29, 1.82) is 0 Å². The lowest BCUT2D eigenvalue weighted by atomic mass is 10.1. The van der Waals surface area contributed by atoms with Crippen LogP contribution in [0.3, 0.4) is 0 Å². The molecule has 0 aromatic heterocycles. The number of hydrogen-bond acceptors (Lipinski definition) is 5. The van der Waals surface area contributed by atoms with Gasteiger partial charge in [-0.15, -0.1) is 0 Å². The molecule has 1 heterocycles. The molecule has 0 radical (unpaired) electrons. The lowest BCUT2D eigenvalue weighted by molar-refractivity contribution is -0.158. The molecule has 1 fully saturated rings. The van der Waals surface area contributed by atoms with Gasteiger partial charge >= 0.3 is 5.97 Å². The van der Waals surface area contributed by atoms with Crippen LogP contribution in [0.5, 0.6) is 5.75 Å². The SMILES string of the molecule is CCc1ccc(N2C[C@H](C(=O)O[C@@H](C)C(=O)NCc3ccc(OC)cc3)CC2=O)cc1. The first-order valence-corrected chi connectivity index (χ1v) is 10.4. The maximum absolute atomic E-state index is 12.5. The minimum atomic E-state index is -0.946. The van der Waals surface area contributed by atoms with E-state index in [1.165, 1.54) is 12.5 Å². The average molecular weight is 424 g/mol. The Labute approximate surface area is 182 Å². The first-order valence-electron chi connectivity index (χ1n) is 10.4. The summed E-state index contributed by atoms with van der Waals surface area (Å²) in [6.45, 7) is 4.16. The first-order chi connectivity index (χ1) is 14.9. The van der Waals surface area contributed by atoms with Gasteiger partial charge in [0.05, 0.1) is 13.0 Å². The average Bonchev–Trinajstić information content (AvgIpc) is 3.19. The predicted molar refractivity (Wildman–Crippen MR) is 117 cm³/mol. The fourth-order valence-electron chi connectivity index (χ4n) is 3.43. The Morgan fingerprint density at radius 3 is 2.35 bits per heavy atom.